The van der Waals surface area contributed by atoms with E-state index >= 15 is 0 Å². The second-order valence-electron chi connectivity index (χ2n) is 8.19. The van der Waals surface area contributed by atoms with Crippen molar-refractivity contribution in [2.24, 2.45) is 0 Å². The standard InChI is InChI=1S/C23H29N3O4/c1-17-13-26(10-12-29-17)22(27)16-25(15-21-3-2-11-30-21)14-18-4-6-19(7-5-18)23(28)24-20-8-9-20/h2-7,11,17,20H,8-10,12-16H2,1H3,(H,24,28). The number of hydrogen-bond acceptors (Lipinski definition) is 5. The molecular weight excluding hydrogens is 382 g/mol. The van der Waals surface area contributed by atoms with Crippen LogP contribution < -0.4 is 5.32 Å². The van der Waals surface area contributed by atoms with Crippen LogP contribution in [0.5, 0.6) is 0 Å². The smallest absolute Gasteiger partial charge is 0.251 e. The number of furan rings is 1. The van der Waals surface area contributed by atoms with Gasteiger partial charge in [0.15, 0.2) is 0 Å². The van der Waals surface area contributed by atoms with Crippen molar-refractivity contribution in [3.63, 3.8) is 0 Å². The quantitative estimate of drug-likeness (QED) is 0.722. The lowest BCUT2D eigenvalue weighted by molar-refractivity contribution is -0.139. The van der Waals surface area contributed by atoms with Gasteiger partial charge in [0.05, 0.1) is 32.1 Å². The predicted octanol–water partition coefficient (Wildman–Crippen LogP) is 2.42. The first-order valence-electron chi connectivity index (χ1n) is 10.6. The molecule has 1 aliphatic carbocycles. The Hall–Kier alpha value is -2.64. The zero-order valence-electron chi connectivity index (χ0n) is 17.4. The molecule has 0 radical (unpaired) electrons. The van der Waals surface area contributed by atoms with Gasteiger partial charge in [0.1, 0.15) is 5.76 Å². The Kier molecular flexibility index (Phi) is 6.50. The maximum Gasteiger partial charge on any atom is 0.251 e. The number of nitrogens with zero attached hydrogens (tertiary/aromatic N) is 2. The number of nitrogens with one attached hydrogen (secondary N) is 1. The SMILES string of the molecule is CC1CN(C(=O)CN(Cc2ccc(C(=O)NC3CC3)cc2)Cc2ccco2)CCO1. The molecule has 1 unspecified atom stereocenters. The molecule has 2 amide bonds. The van der Waals surface area contributed by atoms with Crippen molar-refractivity contribution in [3.05, 3.63) is 59.5 Å². The number of carbonyl (C=O) groups excluding carboxylic acids is 2. The first kappa shape index (κ1) is 20.6. The Labute approximate surface area is 177 Å². The number of amides is 2. The lowest BCUT2D eigenvalue weighted by Gasteiger charge is -2.33. The van der Waals surface area contributed by atoms with E-state index in [1.165, 1.54) is 0 Å². The van der Waals surface area contributed by atoms with Crippen molar-refractivity contribution in [1.82, 2.24) is 15.1 Å². The van der Waals surface area contributed by atoms with Gasteiger partial charge in [-0.2, -0.15) is 0 Å². The fourth-order valence-electron chi connectivity index (χ4n) is 3.64. The van der Waals surface area contributed by atoms with E-state index in [-0.39, 0.29) is 17.9 Å². The van der Waals surface area contributed by atoms with Crippen molar-refractivity contribution in [2.45, 2.75) is 45.0 Å². The first-order chi connectivity index (χ1) is 14.6. The summed E-state index contributed by atoms with van der Waals surface area (Å²) in [5.74, 6) is 0.892. The number of carbonyl (C=O) groups is 2. The molecule has 0 bridgehead atoms. The van der Waals surface area contributed by atoms with Crippen LogP contribution >= 0.6 is 0 Å². The summed E-state index contributed by atoms with van der Waals surface area (Å²) < 4.78 is 11.0. The molecule has 2 fully saturated rings. The summed E-state index contributed by atoms with van der Waals surface area (Å²) >= 11 is 0. The maximum atomic E-state index is 12.9. The third-order valence-electron chi connectivity index (χ3n) is 5.45. The van der Waals surface area contributed by atoms with Gasteiger partial charge in [-0.05, 0) is 49.6 Å². The van der Waals surface area contributed by atoms with Gasteiger partial charge < -0.3 is 19.4 Å². The van der Waals surface area contributed by atoms with E-state index in [9.17, 15) is 9.59 Å². The van der Waals surface area contributed by atoms with Crippen molar-refractivity contribution in [1.29, 1.82) is 0 Å². The predicted molar refractivity (Wildman–Crippen MR) is 112 cm³/mol. The number of morpholine rings is 1. The van der Waals surface area contributed by atoms with Crippen LogP contribution in [0.1, 0.15) is 41.4 Å². The average molecular weight is 412 g/mol. The fraction of sp³-hybridized carbons (Fsp3) is 0.478. The fourth-order valence-corrected chi connectivity index (χ4v) is 3.64. The molecule has 2 aromatic rings. The third kappa shape index (κ3) is 5.70. The van der Waals surface area contributed by atoms with E-state index in [0.29, 0.717) is 50.9 Å². The molecule has 1 aromatic carbocycles. The van der Waals surface area contributed by atoms with Crippen molar-refractivity contribution in [3.8, 4) is 0 Å². The summed E-state index contributed by atoms with van der Waals surface area (Å²) in [5, 5.41) is 3.00. The number of benzene rings is 1. The Morgan fingerprint density at radius 3 is 2.63 bits per heavy atom. The van der Waals surface area contributed by atoms with Gasteiger partial charge in [0.25, 0.3) is 5.91 Å². The molecule has 30 heavy (non-hydrogen) atoms. The highest BCUT2D eigenvalue weighted by atomic mass is 16.5. The first-order valence-corrected chi connectivity index (χ1v) is 10.6. The maximum absolute atomic E-state index is 12.9. The Morgan fingerprint density at radius 1 is 1.17 bits per heavy atom. The summed E-state index contributed by atoms with van der Waals surface area (Å²) in [7, 11) is 0. The minimum atomic E-state index is -0.0203. The van der Waals surface area contributed by atoms with E-state index in [1.54, 1.807) is 6.26 Å². The van der Waals surface area contributed by atoms with E-state index in [4.69, 9.17) is 9.15 Å². The second-order valence-corrected chi connectivity index (χ2v) is 8.19. The van der Waals surface area contributed by atoms with E-state index in [2.05, 4.69) is 10.2 Å². The Morgan fingerprint density at radius 2 is 1.97 bits per heavy atom. The van der Waals surface area contributed by atoms with Crippen LogP contribution in [0.4, 0.5) is 0 Å². The molecule has 1 saturated heterocycles. The van der Waals surface area contributed by atoms with Crippen LogP contribution in [0.25, 0.3) is 0 Å². The second kappa shape index (κ2) is 9.45. The molecule has 7 heteroatoms. The van der Waals surface area contributed by atoms with Gasteiger partial charge in [-0.25, -0.2) is 0 Å². The summed E-state index contributed by atoms with van der Waals surface area (Å²) in [5.41, 5.74) is 1.72. The molecule has 1 saturated carbocycles. The molecule has 2 heterocycles. The molecule has 1 aromatic heterocycles. The largest absolute Gasteiger partial charge is 0.468 e. The molecule has 0 spiro atoms. The Bertz CT molecular complexity index is 846. The number of rotatable bonds is 8. The summed E-state index contributed by atoms with van der Waals surface area (Å²) in [6.07, 6.45) is 3.85. The van der Waals surface area contributed by atoms with E-state index in [0.717, 1.165) is 24.2 Å². The van der Waals surface area contributed by atoms with E-state index < -0.39 is 0 Å². The van der Waals surface area contributed by atoms with Crippen LogP contribution in [-0.2, 0) is 22.6 Å². The van der Waals surface area contributed by atoms with Gasteiger partial charge >= 0.3 is 0 Å². The molecule has 1 N–H and O–H groups in total. The van der Waals surface area contributed by atoms with Crippen LogP contribution in [0, 0.1) is 0 Å². The molecular formula is C23H29N3O4. The average Bonchev–Trinajstić information content (AvgIpc) is 3.40. The number of hydrogen-bond donors (Lipinski definition) is 1. The monoisotopic (exact) mass is 411 g/mol. The van der Waals surface area contributed by atoms with Gasteiger partial charge in [-0.3, -0.25) is 14.5 Å². The van der Waals surface area contributed by atoms with E-state index in [1.807, 2.05) is 48.2 Å². The highest BCUT2D eigenvalue weighted by Crippen LogP contribution is 2.19. The van der Waals surface area contributed by atoms with Crippen LogP contribution in [0.15, 0.2) is 47.1 Å². The molecule has 2 aliphatic rings. The Balaban J connectivity index is 1.40. The highest BCUT2D eigenvalue weighted by molar-refractivity contribution is 5.94. The molecule has 4 rings (SSSR count). The van der Waals surface area contributed by atoms with Crippen LogP contribution in [-0.4, -0.2) is 60.0 Å². The normalized spacial score (nSPS) is 19.1. The van der Waals surface area contributed by atoms with Crippen LogP contribution in [0.2, 0.25) is 0 Å². The minimum absolute atomic E-state index is 0.0203. The molecule has 160 valence electrons. The van der Waals surface area contributed by atoms with Crippen molar-refractivity contribution < 1.29 is 18.7 Å². The zero-order chi connectivity index (χ0) is 20.9. The van der Waals surface area contributed by atoms with Gasteiger partial charge in [-0.15, -0.1) is 0 Å². The van der Waals surface area contributed by atoms with Crippen molar-refractivity contribution in [2.75, 3.05) is 26.2 Å². The molecule has 7 nitrogen and oxygen atoms in total. The van der Waals surface area contributed by atoms with Gasteiger partial charge in [0.2, 0.25) is 5.91 Å². The van der Waals surface area contributed by atoms with Crippen molar-refractivity contribution >= 4 is 11.8 Å². The molecule has 1 aliphatic heterocycles. The zero-order valence-corrected chi connectivity index (χ0v) is 17.4. The van der Waals surface area contributed by atoms with Gasteiger partial charge in [0, 0.05) is 31.2 Å². The lowest BCUT2D eigenvalue weighted by Crippen LogP contribution is -2.48. The molecule has 1 atom stereocenters. The minimum Gasteiger partial charge on any atom is -0.468 e. The van der Waals surface area contributed by atoms with Gasteiger partial charge in [-0.1, -0.05) is 12.1 Å². The topological polar surface area (TPSA) is 75.0 Å². The van der Waals surface area contributed by atoms with Crippen LogP contribution in [0.3, 0.4) is 0 Å². The number of ether oxygens (including phenoxy) is 1. The summed E-state index contributed by atoms with van der Waals surface area (Å²) in [4.78, 5) is 29.0. The summed E-state index contributed by atoms with van der Waals surface area (Å²) in [6, 6.07) is 11.7. The summed E-state index contributed by atoms with van der Waals surface area (Å²) in [6.45, 7) is 5.26. The third-order valence-corrected chi connectivity index (χ3v) is 5.45. The lowest BCUT2D eigenvalue weighted by atomic mass is 10.1. The highest BCUT2D eigenvalue weighted by Gasteiger charge is 2.25.